The number of likely N-dealkylation sites (tertiary alicyclic amines) is 2. The molecule has 3 aliphatic rings. The van der Waals surface area contributed by atoms with Crippen LogP contribution in [0.4, 0.5) is 0 Å². The molecule has 1 aromatic carbocycles. The lowest BCUT2D eigenvalue weighted by Gasteiger charge is -2.35. The van der Waals surface area contributed by atoms with Gasteiger partial charge in [0.2, 0.25) is 0 Å². The van der Waals surface area contributed by atoms with Crippen molar-refractivity contribution in [3.05, 3.63) is 53.0 Å². The monoisotopic (exact) mass is 450 g/mol. The van der Waals surface area contributed by atoms with Gasteiger partial charge in [-0.15, -0.1) is 0 Å². The van der Waals surface area contributed by atoms with Gasteiger partial charge < -0.3 is 20.3 Å². The second-order valence-corrected chi connectivity index (χ2v) is 9.00. The molecule has 176 valence electrons. The largest absolute Gasteiger partial charge is 0.497 e. The highest BCUT2D eigenvalue weighted by molar-refractivity contribution is 5.99. The van der Waals surface area contributed by atoms with Crippen LogP contribution in [0.2, 0.25) is 0 Å². The number of piperidine rings is 1. The van der Waals surface area contributed by atoms with Gasteiger partial charge in [-0.3, -0.25) is 4.79 Å². The summed E-state index contributed by atoms with van der Waals surface area (Å²) >= 11 is 0. The number of hydrazone groups is 1. The van der Waals surface area contributed by atoms with Crippen molar-refractivity contribution in [2.75, 3.05) is 26.7 Å². The number of amides is 1. The van der Waals surface area contributed by atoms with Crippen LogP contribution < -0.4 is 10.5 Å². The molecule has 2 saturated heterocycles. The Kier molecular flexibility index (Phi) is 6.83. The maximum atomic E-state index is 13.5. The van der Waals surface area contributed by atoms with Crippen molar-refractivity contribution < 1.29 is 9.53 Å². The normalized spacial score (nSPS) is 24.6. The molecule has 2 fully saturated rings. The third-order valence-electron chi connectivity index (χ3n) is 6.62. The van der Waals surface area contributed by atoms with Gasteiger partial charge in [0.15, 0.2) is 5.82 Å². The molecule has 3 aliphatic heterocycles. The Labute approximate surface area is 196 Å². The van der Waals surface area contributed by atoms with Crippen LogP contribution in [0.3, 0.4) is 0 Å². The number of nitrogens with zero attached hydrogens (tertiary/aromatic N) is 5. The van der Waals surface area contributed by atoms with Crippen LogP contribution in [-0.4, -0.2) is 72.1 Å². The number of carbonyl (C=O) groups excluding carboxylic acids is 1. The van der Waals surface area contributed by atoms with Crippen LogP contribution in [0, 0.1) is 6.92 Å². The molecule has 0 bridgehead atoms. The van der Waals surface area contributed by atoms with Crippen LogP contribution in [0.15, 0.2) is 52.0 Å². The van der Waals surface area contributed by atoms with E-state index >= 15 is 0 Å². The number of methoxy groups -OCH3 is 1. The maximum absolute atomic E-state index is 13.5. The van der Waals surface area contributed by atoms with Crippen LogP contribution in [0.5, 0.6) is 5.75 Å². The highest BCUT2D eigenvalue weighted by Gasteiger charge is 2.30. The summed E-state index contributed by atoms with van der Waals surface area (Å²) in [5.41, 5.74) is 8.77. The van der Waals surface area contributed by atoms with Crippen LogP contribution in [-0.2, 0) is 0 Å². The number of hydrogen-bond acceptors (Lipinski definition) is 7. The van der Waals surface area contributed by atoms with Crippen LogP contribution in [0.1, 0.15) is 48.5 Å². The van der Waals surface area contributed by atoms with E-state index in [2.05, 4.69) is 22.8 Å². The van der Waals surface area contributed by atoms with E-state index in [4.69, 9.17) is 15.5 Å². The number of hydrogen-bond donors (Lipinski definition) is 1. The number of amidine groups is 1. The van der Waals surface area contributed by atoms with E-state index < -0.39 is 0 Å². The maximum Gasteiger partial charge on any atom is 0.254 e. The third-order valence-corrected chi connectivity index (χ3v) is 6.62. The Hall–Kier alpha value is -3.13. The summed E-state index contributed by atoms with van der Waals surface area (Å²) in [6.45, 7) is 10.1. The molecular weight excluding hydrogens is 416 g/mol. The molecule has 1 amide bonds. The summed E-state index contributed by atoms with van der Waals surface area (Å²) in [5, 5.41) is 5.85. The van der Waals surface area contributed by atoms with Gasteiger partial charge in [0, 0.05) is 49.7 Å². The number of rotatable bonds is 4. The summed E-state index contributed by atoms with van der Waals surface area (Å²) in [5.74, 6) is 2.41. The van der Waals surface area contributed by atoms with Crippen molar-refractivity contribution in [1.82, 2.24) is 14.8 Å². The fraction of sp³-hybridized carbons (Fsp3) is 0.480. The molecule has 0 saturated carbocycles. The predicted molar refractivity (Wildman–Crippen MR) is 131 cm³/mol. The first-order valence-electron chi connectivity index (χ1n) is 11.6. The fourth-order valence-corrected chi connectivity index (χ4v) is 4.79. The summed E-state index contributed by atoms with van der Waals surface area (Å²) in [6, 6.07) is 5.70. The van der Waals surface area contributed by atoms with Gasteiger partial charge in [0.25, 0.3) is 5.91 Å². The Morgan fingerprint density at radius 2 is 2.09 bits per heavy atom. The number of nitrogens with two attached hydrogens (primary N) is 1. The first-order valence-corrected chi connectivity index (χ1v) is 11.6. The van der Waals surface area contributed by atoms with E-state index in [1.54, 1.807) is 12.1 Å². The first-order chi connectivity index (χ1) is 15.9. The quantitative estimate of drug-likeness (QED) is 0.713. The van der Waals surface area contributed by atoms with Crippen molar-refractivity contribution >= 4 is 18.5 Å². The van der Waals surface area contributed by atoms with E-state index in [1.807, 2.05) is 43.1 Å². The van der Waals surface area contributed by atoms with E-state index in [-0.39, 0.29) is 18.0 Å². The van der Waals surface area contributed by atoms with E-state index in [1.165, 1.54) is 0 Å². The van der Waals surface area contributed by atoms with E-state index in [9.17, 15) is 4.79 Å². The third kappa shape index (κ3) is 4.80. The molecule has 1 aromatic rings. The Morgan fingerprint density at radius 3 is 2.76 bits per heavy atom. The summed E-state index contributed by atoms with van der Waals surface area (Å²) in [6.07, 6.45) is 7.91. The van der Waals surface area contributed by atoms with E-state index in [0.717, 1.165) is 61.5 Å². The molecule has 8 nitrogen and oxygen atoms in total. The molecule has 3 heterocycles. The molecular formula is C25H34N6O2. The minimum Gasteiger partial charge on any atom is -0.497 e. The van der Waals surface area contributed by atoms with Gasteiger partial charge in [0.1, 0.15) is 11.6 Å². The molecule has 0 radical (unpaired) electrons. The minimum absolute atomic E-state index is 0.0343. The molecule has 33 heavy (non-hydrogen) atoms. The van der Waals surface area contributed by atoms with Gasteiger partial charge in [-0.1, -0.05) is 0 Å². The van der Waals surface area contributed by atoms with Crippen molar-refractivity contribution in [3.63, 3.8) is 0 Å². The molecule has 0 spiro atoms. The van der Waals surface area contributed by atoms with E-state index in [0.29, 0.717) is 17.9 Å². The minimum atomic E-state index is -0.0651. The molecule has 0 aliphatic carbocycles. The summed E-state index contributed by atoms with van der Waals surface area (Å²) in [7, 11) is 1.63. The lowest BCUT2D eigenvalue weighted by atomic mass is 9.99. The second-order valence-electron chi connectivity index (χ2n) is 9.00. The smallest absolute Gasteiger partial charge is 0.254 e. The van der Waals surface area contributed by atoms with Crippen molar-refractivity contribution in [1.29, 1.82) is 0 Å². The number of ether oxygens (including phenoxy) is 1. The molecule has 2 N–H and O–H groups in total. The zero-order valence-corrected chi connectivity index (χ0v) is 19.8. The molecule has 1 unspecified atom stereocenters. The topological polar surface area (TPSA) is 86.8 Å². The average Bonchev–Trinajstić information content (AvgIpc) is 3.25. The fourth-order valence-electron chi connectivity index (χ4n) is 4.79. The summed E-state index contributed by atoms with van der Waals surface area (Å²) in [4.78, 5) is 22.7. The molecule has 8 heteroatoms. The predicted octanol–water partition coefficient (Wildman–Crippen LogP) is 3.11. The summed E-state index contributed by atoms with van der Waals surface area (Å²) < 4.78 is 5.30. The Morgan fingerprint density at radius 1 is 1.27 bits per heavy atom. The van der Waals surface area contributed by atoms with Gasteiger partial charge in [-0.2, -0.15) is 5.10 Å². The average molecular weight is 451 g/mol. The van der Waals surface area contributed by atoms with Gasteiger partial charge >= 0.3 is 0 Å². The standard InChI is InChI=1S/C25H34N6O2/c1-17-13-21(33-4)8-9-22(17)25(32)30-11-6-5-7-20(30)14-23-28-24(18(2)15-31(23)27-3)29-12-10-19(26)16-29/h8-9,13-15,19-20H,3,5-7,10-12,16,26H2,1-2,4H3/b23-14-/t19-,20?/m0/s1. The van der Waals surface area contributed by atoms with Gasteiger partial charge in [0.05, 0.1) is 13.2 Å². The van der Waals surface area contributed by atoms with Crippen molar-refractivity contribution in [3.8, 4) is 5.75 Å². The highest BCUT2D eigenvalue weighted by atomic mass is 16.5. The lowest BCUT2D eigenvalue weighted by molar-refractivity contribution is 0.0661. The molecule has 4 rings (SSSR count). The van der Waals surface area contributed by atoms with Crippen molar-refractivity contribution in [2.45, 2.75) is 51.6 Å². The Balaban J connectivity index is 1.64. The van der Waals surface area contributed by atoms with Crippen LogP contribution in [0.25, 0.3) is 0 Å². The molecule has 0 aromatic heterocycles. The number of aryl methyl sites for hydroxylation is 1. The van der Waals surface area contributed by atoms with Crippen molar-refractivity contribution in [2.24, 2.45) is 15.8 Å². The second kappa shape index (κ2) is 9.79. The first kappa shape index (κ1) is 23.0. The highest BCUT2D eigenvalue weighted by Crippen LogP contribution is 2.28. The Bertz CT molecular complexity index is 1010. The van der Waals surface area contributed by atoms with Gasteiger partial charge in [-0.25, -0.2) is 10.0 Å². The zero-order valence-electron chi connectivity index (χ0n) is 19.8. The number of benzene rings is 1. The SMILES string of the molecule is C=NN1C=C(C)C(N2CC[C@H](N)C2)=N/C1=C/C1CCCCN1C(=O)c1ccc(OC)cc1C. The van der Waals surface area contributed by atoms with Gasteiger partial charge in [-0.05, 0) is 69.4 Å². The number of aliphatic imine (C=N–C) groups is 1. The zero-order chi connectivity index (χ0) is 23.5. The molecule has 2 atom stereocenters. The lowest BCUT2D eigenvalue weighted by Crippen LogP contribution is -2.43. The number of carbonyl (C=O) groups is 1. The van der Waals surface area contributed by atoms with Crippen LogP contribution >= 0.6 is 0 Å².